The summed E-state index contributed by atoms with van der Waals surface area (Å²) in [5.74, 6) is 2.72. The van der Waals surface area contributed by atoms with E-state index in [1.54, 1.807) is 0 Å². The molecule has 0 saturated heterocycles. The van der Waals surface area contributed by atoms with Gasteiger partial charge in [-0.05, 0) is 42.4 Å². The molecule has 0 amide bonds. The normalized spacial score (nSPS) is 15.9. The molecule has 0 aromatic heterocycles. The fourth-order valence-corrected chi connectivity index (χ4v) is 2.26. The van der Waals surface area contributed by atoms with Crippen LogP contribution in [0.4, 0.5) is 0 Å². The minimum Gasteiger partial charge on any atom is -0.492 e. The van der Waals surface area contributed by atoms with Crippen LogP contribution in [0.25, 0.3) is 0 Å². The van der Waals surface area contributed by atoms with Crippen molar-refractivity contribution in [2.75, 3.05) is 19.7 Å². The smallest absolute Gasteiger partial charge is 0.188 e. The van der Waals surface area contributed by atoms with Gasteiger partial charge in [-0.1, -0.05) is 32.4 Å². The van der Waals surface area contributed by atoms with Crippen LogP contribution in [0.1, 0.15) is 44.6 Å². The van der Waals surface area contributed by atoms with E-state index in [1.165, 1.54) is 24.8 Å². The van der Waals surface area contributed by atoms with Crippen LogP contribution < -0.4 is 15.8 Å². The SMILES string of the molecule is CC(C)c1ccc(OCCNC(N)=NCC2CCC2)cc1. The van der Waals surface area contributed by atoms with Crippen LogP contribution in [0.15, 0.2) is 29.3 Å². The lowest BCUT2D eigenvalue weighted by atomic mass is 9.86. The first-order valence-electron chi connectivity index (χ1n) is 7.91. The van der Waals surface area contributed by atoms with Crippen molar-refractivity contribution in [2.45, 2.75) is 39.0 Å². The Labute approximate surface area is 127 Å². The zero-order chi connectivity index (χ0) is 15.1. The molecule has 2 rings (SSSR count). The van der Waals surface area contributed by atoms with Crippen LogP contribution in [0, 0.1) is 5.92 Å². The molecule has 0 aliphatic heterocycles. The first kappa shape index (κ1) is 15.7. The van der Waals surface area contributed by atoms with Gasteiger partial charge in [0.05, 0.1) is 6.54 Å². The Balaban J connectivity index is 1.62. The molecule has 21 heavy (non-hydrogen) atoms. The van der Waals surface area contributed by atoms with E-state index in [2.05, 4.69) is 36.3 Å². The summed E-state index contributed by atoms with van der Waals surface area (Å²) in [6, 6.07) is 8.26. The second-order valence-electron chi connectivity index (χ2n) is 6.02. The van der Waals surface area contributed by atoms with Crippen molar-refractivity contribution in [3.8, 4) is 5.75 Å². The number of rotatable bonds is 7. The summed E-state index contributed by atoms with van der Waals surface area (Å²) in [5, 5.41) is 3.09. The van der Waals surface area contributed by atoms with Gasteiger partial charge < -0.3 is 15.8 Å². The Kier molecular flexibility index (Phi) is 5.90. The monoisotopic (exact) mass is 289 g/mol. The van der Waals surface area contributed by atoms with Crippen molar-refractivity contribution in [1.29, 1.82) is 0 Å². The number of nitrogens with zero attached hydrogens (tertiary/aromatic N) is 1. The molecule has 116 valence electrons. The molecule has 0 atom stereocenters. The van der Waals surface area contributed by atoms with Gasteiger partial charge in [0.25, 0.3) is 0 Å². The van der Waals surface area contributed by atoms with Crippen LogP contribution in [-0.4, -0.2) is 25.7 Å². The standard InChI is InChI=1S/C17H27N3O/c1-13(2)15-6-8-16(9-7-15)21-11-10-19-17(18)20-12-14-4-3-5-14/h6-9,13-14H,3-5,10-12H2,1-2H3,(H3,18,19,20). The maximum absolute atomic E-state index is 5.82. The van der Waals surface area contributed by atoms with E-state index in [4.69, 9.17) is 10.5 Å². The van der Waals surface area contributed by atoms with Gasteiger partial charge in [-0.3, -0.25) is 4.99 Å². The third kappa shape index (κ3) is 5.29. The predicted octanol–water partition coefficient (Wildman–Crippen LogP) is 2.89. The van der Waals surface area contributed by atoms with Crippen LogP contribution in [0.2, 0.25) is 0 Å². The Morgan fingerprint density at radius 2 is 2.05 bits per heavy atom. The minimum absolute atomic E-state index is 0.528. The van der Waals surface area contributed by atoms with E-state index in [0.29, 0.717) is 25.0 Å². The van der Waals surface area contributed by atoms with Crippen molar-refractivity contribution < 1.29 is 4.74 Å². The highest BCUT2D eigenvalue weighted by molar-refractivity contribution is 5.77. The predicted molar refractivity (Wildman–Crippen MR) is 87.9 cm³/mol. The first-order valence-corrected chi connectivity index (χ1v) is 7.91. The highest BCUT2D eigenvalue weighted by Crippen LogP contribution is 2.26. The molecule has 0 heterocycles. The molecule has 4 nitrogen and oxygen atoms in total. The molecule has 0 radical (unpaired) electrons. The molecule has 3 N–H and O–H groups in total. The molecule has 1 saturated carbocycles. The molecular weight excluding hydrogens is 262 g/mol. The van der Waals surface area contributed by atoms with Crippen molar-refractivity contribution in [2.24, 2.45) is 16.6 Å². The third-order valence-corrected chi connectivity index (χ3v) is 3.97. The van der Waals surface area contributed by atoms with Gasteiger partial charge in [0.15, 0.2) is 5.96 Å². The van der Waals surface area contributed by atoms with Gasteiger partial charge in [-0.25, -0.2) is 0 Å². The van der Waals surface area contributed by atoms with Crippen molar-refractivity contribution in [3.05, 3.63) is 29.8 Å². The Bertz CT molecular complexity index is 450. The lowest BCUT2D eigenvalue weighted by Crippen LogP contribution is -2.35. The summed E-state index contributed by atoms with van der Waals surface area (Å²) in [5.41, 5.74) is 7.14. The second-order valence-corrected chi connectivity index (χ2v) is 6.02. The minimum atomic E-state index is 0.528. The lowest BCUT2D eigenvalue weighted by molar-refractivity contribution is 0.320. The number of hydrogen-bond acceptors (Lipinski definition) is 2. The van der Waals surface area contributed by atoms with Crippen LogP contribution in [0.5, 0.6) is 5.75 Å². The molecule has 1 aliphatic carbocycles. The van der Waals surface area contributed by atoms with Gasteiger partial charge in [-0.2, -0.15) is 0 Å². The number of nitrogens with one attached hydrogen (secondary N) is 1. The van der Waals surface area contributed by atoms with E-state index in [-0.39, 0.29) is 0 Å². The highest BCUT2D eigenvalue weighted by atomic mass is 16.5. The number of benzene rings is 1. The molecule has 0 spiro atoms. The highest BCUT2D eigenvalue weighted by Gasteiger charge is 2.16. The van der Waals surface area contributed by atoms with Crippen molar-refractivity contribution in [3.63, 3.8) is 0 Å². The lowest BCUT2D eigenvalue weighted by Gasteiger charge is -2.23. The number of nitrogens with two attached hydrogens (primary N) is 1. The molecule has 1 aromatic carbocycles. The average Bonchev–Trinajstić information content (AvgIpc) is 2.42. The molecule has 1 aliphatic rings. The topological polar surface area (TPSA) is 59.6 Å². The summed E-state index contributed by atoms with van der Waals surface area (Å²) >= 11 is 0. The average molecular weight is 289 g/mol. The van der Waals surface area contributed by atoms with E-state index >= 15 is 0 Å². The zero-order valence-corrected chi connectivity index (χ0v) is 13.1. The van der Waals surface area contributed by atoms with Gasteiger partial charge in [0.2, 0.25) is 0 Å². The maximum atomic E-state index is 5.82. The summed E-state index contributed by atoms with van der Waals surface area (Å²) in [4.78, 5) is 4.35. The molecule has 0 unspecified atom stereocenters. The van der Waals surface area contributed by atoms with E-state index in [9.17, 15) is 0 Å². The quantitative estimate of drug-likeness (QED) is 0.461. The van der Waals surface area contributed by atoms with Crippen LogP contribution in [0.3, 0.4) is 0 Å². The third-order valence-electron chi connectivity index (χ3n) is 3.97. The summed E-state index contributed by atoms with van der Waals surface area (Å²) < 4.78 is 5.68. The van der Waals surface area contributed by atoms with Crippen LogP contribution in [-0.2, 0) is 0 Å². The molecule has 1 fully saturated rings. The number of aliphatic imine (C=N–C) groups is 1. The number of guanidine groups is 1. The van der Waals surface area contributed by atoms with Gasteiger partial charge >= 0.3 is 0 Å². The fourth-order valence-electron chi connectivity index (χ4n) is 2.26. The largest absolute Gasteiger partial charge is 0.492 e. The molecule has 4 heteroatoms. The van der Waals surface area contributed by atoms with Crippen LogP contribution >= 0.6 is 0 Å². The second kappa shape index (κ2) is 7.91. The number of hydrogen-bond donors (Lipinski definition) is 2. The Morgan fingerprint density at radius 1 is 1.33 bits per heavy atom. The van der Waals surface area contributed by atoms with Gasteiger partial charge in [-0.15, -0.1) is 0 Å². The van der Waals surface area contributed by atoms with E-state index in [1.807, 2.05) is 12.1 Å². The summed E-state index contributed by atoms with van der Waals surface area (Å²) in [6.07, 6.45) is 3.94. The fraction of sp³-hybridized carbons (Fsp3) is 0.588. The van der Waals surface area contributed by atoms with Crippen molar-refractivity contribution in [1.82, 2.24) is 5.32 Å². The van der Waals surface area contributed by atoms with Crippen molar-refractivity contribution >= 4 is 5.96 Å². The Hall–Kier alpha value is -1.71. The molecule has 0 bridgehead atoms. The number of ether oxygens (including phenoxy) is 1. The van der Waals surface area contributed by atoms with E-state index in [0.717, 1.165) is 18.2 Å². The van der Waals surface area contributed by atoms with E-state index < -0.39 is 0 Å². The van der Waals surface area contributed by atoms with Gasteiger partial charge in [0, 0.05) is 6.54 Å². The molecular formula is C17H27N3O. The first-order chi connectivity index (χ1) is 10.1. The summed E-state index contributed by atoms with van der Waals surface area (Å²) in [6.45, 7) is 6.49. The maximum Gasteiger partial charge on any atom is 0.188 e. The Morgan fingerprint density at radius 3 is 2.62 bits per heavy atom. The summed E-state index contributed by atoms with van der Waals surface area (Å²) in [7, 11) is 0. The zero-order valence-electron chi connectivity index (χ0n) is 13.1. The van der Waals surface area contributed by atoms with Gasteiger partial charge in [0.1, 0.15) is 12.4 Å². The molecule has 1 aromatic rings.